The molecule has 1 aromatic rings. The molecule has 1 amide bonds. The van der Waals surface area contributed by atoms with Crippen molar-refractivity contribution in [3.63, 3.8) is 0 Å². The van der Waals surface area contributed by atoms with Crippen LogP contribution in [0.5, 0.6) is 5.75 Å². The minimum absolute atomic E-state index is 0. The zero-order chi connectivity index (χ0) is 26.3. The zero-order valence-electron chi connectivity index (χ0n) is 20.0. The second-order valence-electron chi connectivity index (χ2n) is 9.63. The number of benzene rings is 1. The Morgan fingerprint density at radius 1 is 1.14 bits per heavy atom. The highest BCUT2D eigenvalue weighted by Crippen LogP contribution is 2.54. The Bertz CT molecular complexity index is 1280. The average molecular weight is 527 g/mol. The van der Waals surface area contributed by atoms with Gasteiger partial charge in [-0.15, -0.1) is 12.4 Å². The summed E-state index contributed by atoms with van der Waals surface area (Å²) in [5.41, 5.74) is 6.36. The Morgan fingerprint density at radius 2 is 1.72 bits per heavy atom. The van der Waals surface area contributed by atoms with Crippen molar-refractivity contribution >= 4 is 47.0 Å². The lowest BCUT2D eigenvalue weighted by molar-refractivity contribution is -0.153. The summed E-state index contributed by atoms with van der Waals surface area (Å²) in [5, 5.41) is 44.1. The van der Waals surface area contributed by atoms with Crippen molar-refractivity contribution in [2.75, 3.05) is 38.8 Å². The highest BCUT2D eigenvalue weighted by molar-refractivity contribution is 6.24. The number of ketones is 2. The van der Waals surface area contributed by atoms with E-state index in [0.717, 1.165) is 0 Å². The normalized spacial score (nSPS) is 27.4. The molecule has 4 rings (SSSR count). The van der Waals surface area contributed by atoms with Crippen molar-refractivity contribution in [1.29, 1.82) is 0 Å². The summed E-state index contributed by atoms with van der Waals surface area (Å²) >= 11 is 0. The molecule has 0 heterocycles. The number of nitrogens with two attached hydrogens (primary N) is 2. The van der Waals surface area contributed by atoms with E-state index in [0.29, 0.717) is 0 Å². The number of aromatic hydroxyl groups is 1. The molecule has 3 aliphatic rings. The maximum absolute atomic E-state index is 15.0. The van der Waals surface area contributed by atoms with Crippen molar-refractivity contribution in [2.45, 2.75) is 24.5 Å². The van der Waals surface area contributed by atoms with Crippen LogP contribution in [0, 0.1) is 17.7 Å². The van der Waals surface area contributed by atoms with E-state index in [1.54, 1.807) is 14.1 Å². The van der Waals surface area contributed by atoms with Crippen LogP contribution in [0.1, 0.15) is 17.5 Å². The molecule has 13 heteroatoms. The van der Waals surface area contributed by atoms with Gasteiger partial charge in [-0.05, 0) is 38.4 Å². The molecule has 0 bridgehead atoms. The maximum atomic E-state index is 15.0. The van der Waals surface area contributed by atoms with Crippen LogP contribution in [0.2, 0.25) is 0 Å². The number of primary amides is 1. The lowest BCUT2D eigenvalue weighted by atomic mass is 9.57. The van der Waals surface area contributed by atoms with E-state index in [9.17, 15) is 39.2 Å². The van der Waals surface area contributed by atoms with E-state index in [1.165, 1.54) is 23.9 Å². The summed E-state index contributed by atoms with van der Waals surface area (Å²) in [4.78, 5) is 41.6. The van der Waals surface area contributed by atoms with Gasteiger partial charge in [0, 0.05) is 25.6 Å². The number of nitrogen functional groups attached to an aromatic ring is 1. The zero-order valence-corrected chi connectivity index (χ0v) is 20.8. The molecule has 1 saturated carbocycles. The molecule has 0 aliphatic heterocycles. The van der Waals surface area contributed by atoms with Crippen LogP contribution in [-0.2, 0) is 20.8 Å². The molecule has 0 spiro atoms. The highest BCUT2D eigenvalue weighted by atomic mass is 35.5. The topological polar surface area (TPSA) is 191 Å². The number of phenolic OH excluding ortho intramolecular Hbond substituents is 1. The average Bonchev–Trinajstić information content (AvgIpc) is 2.74. The van der Waals surface area contributed by atoms with Crippen LogP contribution in [0.3, 0.4) is 0 Å². The molecule has 8 N–H and O–H groups in total. The van der Waals surface area contributed by atoms with Crippen LogP contribution in [0.15, 0.2) is 16.9 Å². The Morgan fingerprint density at radius 3 is 2.22 bits per heavy atom. The number of carbonyl (C=O) groups is 3. The van der Waals surface area contributed by atoms with Gasteiger partial charge in [0.25, 0.3) is 5.91 Å². The predicted molar refractivity (Wildman–Crippen MR) is 130 cm³/mol. The van der Waals surface area contributed by atoms with Crippen molar-refractivity contribution in [2.24, 2.45) is 17.6 Å². The number of aliphatic hydroxyl groups is 3. The lowest BCUT2D eigenvalue weighted by Crippen LogP contribution is -2.65. The van der Waals surface area contributed by atoms with Crippen LogP contribution >= 0.6 is 12.4 Å². The minimum Gasteiger partial charge on any atom is -0.508 e. The van der Waals surface area contributed by atoms with Crippen molar-refractivity contribution in [3.05, 3.63) is 33.8 Å². The summed E-state index contributed by atoms with van der Waals surface area (Å²) in [6, 6.07) is -1.20. The summed E-state index contributed by atoms with van der Waals surface area (Å²) in [7, 11) is 6.11. The molecule has 1 aromatic carbocycles. The number of phenols is 1. The van der Waals surface area contributed by atoms with Crippen molar-refractivity contribution in [1.82, 2.24) is 4.90 Å². The van der Waals surface area contributed by atoms with Gasteiger partial charge in [-0.1, -0.05) is 0 Å². The van der Waals surface area contributed by atoms with Crippen molar-refractivity contribution in [3.8, 4) is 5.75 Å². The standard InChI is InChI=1S/C23H27FN4O7.ClH/c1-27(2)15-8-5-7-6-9-16(28(3)4)19(31)12(22(26)34)21(33)23(9,35)20(32)10(7)17(29)11(8)18(30)14(25)13(15)24;/h7,9,16,29-30,33,35H,5-6,25H2,1-4H3,(H2,26,34);1H. The summed E-state index contributed by atoms with van der Waals surface area (Å²) in [5.74, 6) is -8.89. The largest absolute Gasteiger partial charge is 0.508 e. The maximum Gasteiger partial charge on any atom is 0.255 e. The molecule has 0 saturated heterocycles. The number of amides is 1. The van der Waals surface area contributed by atoms with E-state index in [1.807, 2.05) is 0 Å². The minimum atomic E-state index is -2.74. The number of aliphatic hydroxyl groups excluding tert-OH is 2. The molecule has 1 fully saturated rings. The fraction of sp³-hybridized carbons (Fsp3) is 0.435. The van der Waals surface area contributed by atoms with Gasteiger partial charge in [-0.3, -0.25) is 19.3 Å². The number of nitrogens with zero attached hydrogens (tertiary/aromatic N) is 2. The third-order valence-electron chi connectivity index (χ3n) is 7.28. The van der Waals surface area contributed by atoms with Gasteiger partial charge in [0.2, 0.25) is 5.78 Å². The Hall–Kier alpha value is -3.35. The summed E-state index contributed by atoms with van der Waals surface area (Å²) in [6.45, 7) is 0. The first-order valence-corrected chi connectivity index (χ1v) is 10.8. The van der Waals surface area contributed by atoms with Gasteiger partial charge in [-0.2, -0.15) is 0 Å². The van der Waals surface area contributed by atoms with Gasteiger partial charge in [0.15, 0.2) is 23.0 Å². The number of hydrogen-bond acceptors (Lipinski definition) is 10. The van der Waals surface area contributed by atoms with E-state index in [4.69, 9.17) is 11.5 Å². The molecule has 0 aromatic heterocycles. The number of Topliss-reactive ketones (excluding diaryl/α,β-unsaturated/α-hetero) is 2. The van der Waals surface area contributed by atoms with Gasteiger partial charge in [-0.25, -0.2) is 4.39 Å². The lowest BCUT2D eigenvalue weighted by Gasteiger charge is -2.50. The molecule has 196 valence electrons. The fourth-order valence-electron chi connectivity index (χ4n) is 5.81. The van der Waals surface area contributed by atoms with Crippen LogP contribution < -0.4 is 16.4 Å². The van der Waals surface area contributed by atoms with Gasteiger partial charge >= 0.3 is 0 Å². The van der Waals surface area contributed by atoms with Crippen LogP contribution in [0.4, 0.5) is 15.8 Å². The second-order valence-corrected chi connectivity index (χ2v) is 9.63. The van der Waals surface area contributed by atoms with E-state index >= 15 is 0 Å². The van der Waals surface area contributed by atoms with Crippen molar-refractivity contribution < 1.29 is 39.2 Å². The monoisotopic (exact) mass is 526 g/mol. The first-order chi connectivity index (χ1) is 16.2. The Labute approximate surface area is 211 Å². The number of fused-ring (bicyclic) bond motifs is 3. The number of likely N-dealkylation sites (N-methyl/N-ethyl adjacent to an activating group) is 1. The SMILES string of the molecule is CN(C)c1c(F)c(N)c(O)c2c1CC1CC3C(N(C)C)C(=O)C(C(N)=O)=C(O)C3(O)C(=O)C1=C2O.Cl. The summed E-state index contributed by atoms with van der Waals surface area (Å²) < 4.78 is 15.0. The Balaban J connectivity index is 0.00000361. The highest BCUT2D eigenvalue weighted by Gasteiger charge is 2.64. The van der Waals surface area contributed by atoms with Gasteiger partial charge < -0.3 is 36.8 Å². The molecule has 11 nitrogen and oxygen atoms in total. The first kappa shape index (κ1) is 27.2. The van der Waals surface area contributed by atoms with Gasteiger partial charge in [0.1, 0.15) is 22.8 Å². The number of halogens is 2. The smallest absolute Gasteiger partial charge is 0.255 e. The van der Waals surface area contributed by atoms with E-state index in [2.05, 4.69) is 0 Å². The molecular formula is C23H28ClFN4O7. The molecule has 0 radical (unpaired) electrons. The van der Waals surface area contributed by atoms with Crippen LogP contribution in [-0.4, -0.2) is 82.6 Å². The third-order valence-corrected chi connectivity index (χ3v) is 7.28. The number of carbonyl (C=O) groups excluding carboxylic acids is 3. The number of rotatable bonds is 3. The molecular weight excluding hydrogens is 499 g/mol. The quantitative estimate of drug-likeness (QED) is 0.180. The van der Waals surface area contributed by atoms with Crippen LogP contribution in [0.25, 0.3) is 5.76 Å². The molecule has 4 unspecified atom stereocenters. The molecule has 4 atom stereocenters. The second kappa shape index (κ2) is 8.64. The summed E-state index contributed by atoms with van der Waals surface area (Å²) in [6.07, 6.45) is -0.127. The first-order valence-electron chi connectivity index (χ1n) is 10.8. The van der Waals surface area contributed by atoms with E-state index in [-0.39, 0.29) is 47.6 Å². The number of anilines is 2. The Kier molecular flexibility index (Phi) is 6.54. The number of hydrogen-bond donors (Lipinski definition) is 6. The van der Waals surface area contributed by atoms with Gasteiger partial charge in [0.05, 0.1) is 17.3 Å². The molecule has 36 heavy (non-hydrogen) atoms. The fourth-order valence-corrected chi connectivity index (χ4v) is 5.81. The third kappa shape index (κ3) is 3.28. The molecule has 3 aliphatic carbocycles. The predicted octanol–water partition coefficient (Wildman–Crippen LogP) is 0.173. The van der Waals surface area contributed by atoms with E-state index < -0.39 is 75.3 Å².